The van der Waals surface area contributed by atoms with Crippen LogP contribution in [0.1, 0.15) is 52.0 Å². The zero-order valence-corrected chi connectivity index (χ0v) is 15.8. The lowest BCUT2D eigenvalue weighted by Gasteiger charge is -2.24. The van der Waals surface area contributed by atoms with Crippen molar-refractivity contribution in [2.24, 2.45) is 0 Å². The van der Waals surface area contributed by atoms with Crippen LogP contribution in [0.25, 0.3) is 0 Å². The molecule has 7 heteroatoms. The first-order valence-electron chi connectivity index (χ1n) is 9.76. The third-order valence-corrected chi connectivity index (χ3v) is 5.06. The number of rotatable bonds is 8. The fourth-order valence-corrected chi connectivity index (χ4v) is 3.20. The average molecular weight is 400 g/mol. The van der Waals surface area contributed by atoms with E-state index < -0.39 is 6.61 Å². The molecule has 5 nitrogen and oxygen atoms in total. The molecule has 0 heterocycles. The molecule has 0 radical (unpaired) electrons. The van der Waals surface area contributed by atoms with Crippen LogP contribution in [0.4, 0.5) is 8.78 Å². The predicted octanol–water partition coefficient (Wildman–Crippen LogP) is 3.99. The van der Waals surface area contributed by atoms with Gasteiger partial charge in [-0.3, -0.25) is 9.59 Å². The second-order valence-electron chi connectivity index (χ2n) is 7.48. The lowest BCUT2D eigenvalue weighted by atomic mass is 10.1. The molecule has 2 aliphatic carbocycles. The molecular weight excluding hydrogens is 378 g/mol. The van der Waals surface area contributed by atoms with E-state index in [0.29, 0.717) is 18.2 Å². The number of carbonyl (C=O) groups is 2. The van der Waals surface area contributed by atoms with Crippen molar-refractivity contribution in [3.63, 3.8) is 0 Å². The van der Waals surface area contributed by atoms with Crippen molar-refractivity contribution in [1.82, 2.24) is 10.2 Å². The molecule has 2 aromatic carbocycles. The quantitative estimate of drug-likeness (QED) is 0.729. The number of nitrogens with zero attached hydrogens (tertiary/aromatic N) is 1. The Labute approximate surface area is 167 Å². The SMILES string of the molecule is O=C(NC1CC1)c1ccc(CN(C(=O)c2ccccc2OC(F)F)C2CC2)cc1. The largest absolute Gasteiger partial charge is 0.434 e. The van der Waals surface area contributed by atoms with Gasteiger partial charge >= 0.3 is 6.61 Å². The van der Waals surface area contributed by atoms with E-state index in [1.165, 1.54) is 12.1 Å². The molecule has 0 bridgehead atoms. The summed E-state index contributed by atoms with van der Waals surface area (Å²) < 4.78 is 29.9. The smallest absolute Gasteiger partial charge is 0.387 e. The van der Waals surface area contributed by atoms with Crippen LogP contribution in [0.15, 0.2) is 48.5 Å². The van der Waals surface area contributed by atoms with Crippen LogP contribution in [-0.2, 0) is 6.54 Å². The lowest BCUT2D eigenvalue weighted by Crippen LogP contribution is -2.33. The monoisotopic (exact) mass is 400 g/mol. The first-order valence-corrected chi connectivity index (χ1v) is 9.76. The van der Waals surface area contributed by atoms with Crippen molar-refractivity contribution in [2.45, 2.75) is 50.9 Å². The standard InChI is InChI=1S/C22H22F2N2O3/c23-22(24)29-19-4-2-1-3-18(19)21(28)26(17-11-12-17)13-14-5-7-15(8-6-14)20(27)25-16-9-10-16/h1-8,16-17,22H,9-13H2,(H,25,27). The highest BCUT2D eigenvalue weighted by molar-refractivity contribution is 5.97. The number of hydrogen-bond acceptors (Lipinski definition) is 3. The van der Waals surface area contributed by atoms with Crippen LogP contribution >= 0.6 is 0 Å². The van der Waals surface area contributed by atoms with Crippen LogP contribution in [0.2, 0.25) is 0 Å². The molecule has 4 rings (SSSR count). The number of hydrogen-bond donors (Lipinski definition) is 1. The fourth-order valence-electron chi connectivity index (χ4n) is 3.20. The second kappa shape index (κ2) is 8.19. The number of alkyl halides is 2. The third-order valence-electron chi connectivity index (χ3n) is 5.06. The first-order chi connectivity index (χ1) is 14.0. The van der Waals surface area contributed by atoms with Crippen LogP contribution in [0.3, 0.4) is 0 Å². The summed E-state index contributed by atoms with van der Waals surface area (Å²) >= 11 is 0. The second-order valence-corrected chi connectivity index (χ2v) is 7.48. The zero-order valence-electron chi connectivity index (χ0n) is 15.8. The van der Waals surface area contributed by atoms with Crippen molar-refractivity contribution >= 4 is 11.8 Å². The Kier molecular flexibility index (Phi) is 5.47. The summed E-state index contributed by atoms with van der Waals surface area (Å²) in [7, 11) is 0. The predicted molar refractivity (Wildman–Crippen MR) is 103 cm³/mol. The summed E-state index contributed by atoms with van der Waals surface area (Å²) in [5.41, 5.74) is 1.58. The highest BCUT2D eigenvalue weighted by atomic mass is 19.3. The van der Waals surface area contributed by atoms with Crippen molar-refractivity contribution < 1.29 is 23.1 Å². The summed E-state index contributed by atoms with van der Waals surface area (Å²) in [4.78, 5) is 26.9. The van der Waals surface area contributed by atoms with Gasteiger partial charge in [0.25, 0.3) is 11.8 Å². The van der Waals surface area contributed by atoms with Crippen LogP contribution in [0.5, 0.6) is 5.75 Å². The Morgan fingerprint density at radius 1 is 1.03 bits per heavy atom. The van der Waals surface area contributed by atoms with Gasteiger partial charge in [0.05, 0.1) is 5.56 Å². The first kappa shape index (κ1) is 19.4. The van der Waals surface area contributed by atoms with Crippen molar-refractivity contribution in [2.75, 3.05) is 0 Å². The Hall–Kier alpha value is -2.96. The average Bonchev–Trinajstić information content (AvgIpc) is 3.61. The van der Waals surface area contributed by atoms with Gasteiger partial charge in [-0.25, -0.2) is 0 Å². The summed E-state index contributed by atoms with van der Waals surface area (Å²) in [6.07, 6.45) is 3.81. The molecular formula is C22H22F2N2O3. The van der Waals surface area contributed by atoms with Crippen molar-refractivity contribution in [1.29, 1.82) is 0 Å². The Bertz CT molecular complexity index is 893. The molecule has 2 saturated carbocycles. The summed E-state index contributed by atoms with van der Waals surface area (Å²) in [5.74, 6) is -0.545. The molecule has 1 N–H and O–H groups in total. The summed E-state index contributed by atoms with van der Waals surface area (Å²) in [5, 5.41) is 2.94. The van der Waals surface area contributed by atoms with Crippen molar-refractivity contribution in [3.05, 3.63) is 65.2 Å². The van der Waals surface area contributed by atoms with Gasteiger partial charge in [-0.2, -0.15) is 8.78 Å². The zero-order chi connectivity index (χ0) is 20.4. The molecule has 0 atom stereocenters. The molecule has 2 fully saturated rings. The van der Waals surface area contributed by atoms with E-state index in [1.807, 2.05) is 12.1 Å². The number of benzene rings is 2. The van der Waals surface area contributed by atoms with Gasteiger partial charge in [-0.15, -0.1) is 0 Å². The molecule has 0 aliphatic heterocycles. The van der Waals surface area contributed by atoms with Crippen LogP contribution in [-0.4, -0.2) is 35.4 Å². The summed E-state index contributed by atoms with van der Waals surface area (Å²) in [6, 6.07) is 13.6. The fraction of sp³-hybridized carbons (Fsp3) is 0.364. The Morgan fingerprint density at radius 2 is 1.72 bits per heavy atom. The van der Waals surface area contributed by atoms with Gasteiger partial charge in [0, 0.05) is 24.2 Å². The molecule has 0 aromatic heterocycles. The van der Waals surface area contributed by atoms with E-state index >= 15 is 0 Å². The van der Waals surface area contributed by atoms with Gasteiger partial charge in [-0.1, -0.05) is 24.3 Å². The minimum absolute atomic E-state index is 0.0833. The Morgan fingerprint density at radius 3 is 2.34 bits per heavy atom. The molecule has 2 amide bonds. The van der Waals surface area contributed by atoms with E-state index in [9.17, 15) is 18.4 Å². The number of ether oxygens (including phenoxy) is 1. The van der Waals surface area contributed by atoms with Gasteiger partial charge < -0.3 is 15.0 Å². The normalized spacial score (nSPS) is 15.8. The Balaban J connectivity index is 1.48. The maximum atomic E-state index is 13.1. The molecule has 2 aliphatic rings. The summed E-state index contributed by atoms with van der Waals surface area (Å²) in [6.45, 7) is -2.65. The minimum atomic E-state index is -2.99. The van der Waals surface area contributed by atoms with Crippen LogP contribution < -0.4 is 10.1 Å². The van der Waals surface area contributed by atoms with E-state index in [0.717, 1.165) is 31.2 Å². The van der Waals surface area contributed by atoms with Gasteiger partial charge in [0.1, 0.15) is 5.75 Å². The van der Waals surface area contributed by atoms with Gasteiger partial charge in [0.15, 0.2) is 0 Å². The molecule has 2 aromatic rings. The molecule has 0 unspecified atom stereocenters. The number of nitrogens with one attached hydrogen (secondary N) is 1. The molecule has 0 saturated heterocycles. The highest BCUT2D eigenvalue weighted by Gasteiger charge is 2.34. The van der Waals surface area contributed by atoms with E-state index in [4.69, 9.17) is 0 Å². The van der Waals surface area contributed by atoms with E-state index in [1.54, 1.807) is 29.2 Å². The van der Waals surface area contributed by atoms with Crippen LogP contribution in [0, 0.1) is 0 Å². The van der Waals surface area contributed by atoms with E-state index in [2.05, 4.69) is 10.1 Å². The van der Waals surface area contributed by atoms with Crippen molar-refractivity contribution in [3.8, 4) is 5.75 Å². The molecule has 0 spiro atoms. The maximum absolute atomic E-state index is 13.1. The highest BCUT2D eigenvalue weighted by Crippen LogP contribution is 2.32. The number of carbonyl (C=O) groups excluding carboxylic acids is 2. The van der Waals surface area contributed by atoms with Gasteiger partial charge in [-0.05, 0) is 55.5 Å². The van der Waals surface area contributed by atoms with Gasteiger partial charge in [0.2, 0.25) is 0 Å². The molecule has 29 heavy (non-hydrogen) atoms. The lowest BCUT2D eigenvalue weighted by molar-refractivity contribution is -0.0503. The number of amides is 2. The number of para-hydroxylation sites is 1. The molecule has 152 valence electrons. The maximum Gasteiger partial charge on any atom is 0.387 e. The minimum Gasteiger partial charge on any atom is -0.434 e. The van der Waals surface area contributed by atoms with E-state index in [-0.39, 0.29) is 29.2 Å². The number of halogens is 2. The third kappa shape index (κ3) is 4.91. The topological polar surface area (TPSA) is 58.6 Å².